The zero-order valence-electron chi connectivity index (χ0n) is 40.5. The number of hydrogen-bond acceptors (Lipinski definition) is 10. The Morgan fingerprint density at radius 1 is 0.891 bits per heavy atom. The Labute approximate surface area is 387 Å². The van der Waals surface area contributed by atoms with Crippen LogP contribution in [0.4, 0.5) is 5.69 Å². The molecule has 13 nitrogen and oxygen atoms in total. The van der Waals surface area contributed by atoms with Gasteiger partial charge >= 0.3 is 0 Å². The Hall–Kier alpha value is -4.37. The normalized spacial score (nSPS) is 17.9. The van der Waals surface area contributed by atoms with Crippen molar-refractivity contribution < 1.29 is 28.7 Å². The van der Waals surface area contributed by atoms with E-state index in [9.17, 15) is 19.2 Å². The van der Waals surface area contributed by atoms with Crippen molar-refractivity contribution in [3.8, 4) is 0 Å². The summed E-state index contributed by atoms with van der Waals surface area (Å²) in [6, 6.07) is 16.0. The summed E-state index contributed by atoms with van der Waals surface area (Å²) in [6.07, 6.45) is 4.19. The number of nitrogens with one attached hydrogen (secondary N) is 3. The molecular formula is C50H77N7O6S. The Kier molecular flexibility index (Phi) is 20.7. The van der Waals surface area contributed by atoms with Crippen molar-refractivity contribution in [2.45, 2.75) is 129 Å². The lowest BCUT2D eigenvalue weighted by Crippen LogP contribution is -2.60. The average Bonchev–Trinajstić information content (AvgIpc) is 4.01. The molecule has 9 atom stereocenters. The average molecular weight is 904 g/mol. The van der Waals surface area contributed by atoms with Gasteiger partial charge in [0.05, 0.1) is 48.7 Å². The van der Waals surface area contributed by atoms with E-state index >= 15 is 0 Å². The fraction of sp³-hybridized carbons (Fsp3) is 0.620. The van der Waals surface area contributed by atoms with Gasteiger partial charge < -0.3 is 35.2 Å². The minimum atomic E-state index is -0.790. The number of methoxy groups -OCH3 is 2. The minimum absolute atomic E-state index is 0.00127. The van der Waals surface area contributed by atoms with Crippen LogP contribution in [0.1, 0.15) is 96.3 Å². The number of rotatable bonds is 25. The molecule has 1 aliphatic rings. The first-order valence-electron chi connectivity index (χ1n) is 23.2. The first-order chi connectivity index (χ1) is 30.6. The quantitative estimate of drug-likeness (QED) is 0.0833. The molecule has 3 N–H and O–H groups in total. The number of carbonyl (C=O) groups excluding carboxylic acids is 4. The molecule has 14 heteroatoms. The third-order valence-electron chi connectivity index (χ3n) is 13.2. The molecule has 0 bridgehead atoms. The van der Waals surface area contributed by atoms with Crippen molar-refractivity contribution >= 4 is 40.7 Å². The van der Waals surface area contributed by atoms with Crippen LogP contribution >= 0.6 is 11.3 Å². The molecule has 3 aromatic rings. The van der Waals surface area contributed by atoms with Gasteiger partial charge in [0.2, 0.25) is 23.6 Å². The maximum atomic E-state index is 14.6. The van der Waals surface area contributed by atoms with Gasteiger partial charge in [0.15, 0.2) is 0 Å². The summed E-state index contributed by atoms with van der Waals surface area (Å²) in [4.78, 5) is 67.4. The molecule has 1 aromatic heterocycles. The van der Waals surface area contributed by atoms with Crippen molar-refractivity contribution in [1.29, 1.82) is 0 Å². The minimum Gasteiger partial charge on any atom is -0.388 e. The zero-order chi connectivity index (χ0) is 47.1. The predicted octanol–water partition coefficient (Wildman–Crippen LogP) is 6.85. The Bertz CT molecular complexity index is 1880. The van der Waals surface area contributed by atoms with E-state index in [1.54, 1.807) is 32.4 Å². The molecule has 0 spiro atoms. The smallest absolute Gasteiger partial charge is 0.245 e. The Morgan fingerprint density at radius 2 is 1.58 bits per heavy atom. The number of nitrogens with zero attached hydrogens (tertiary/aromatic N) is 4. The van der Waals surface area contributed by atoms with Crippen LogP contribution in [-0.4, -0.2) is 128 Å². The van der Waals surface area contributed by atoms with E-state index in [2.05, 4.69) is 51.8 Å². The molecular weight excluding hydrogens is 827 g/mol. The van der Waals surface area contributed by atoms with Crippen molar-refractivity contribution in [3.63, 3.8) is 0 Å². The number of likely N-dealkylation sites (N-methyl/N-ethyl adjacent to an activating group) is 2. The summed E-state index contributed by atoms with van der Waals surface area (Å²) < 4.78 is 12.2. The van der Waals surface area contributed by atoms with E-state index in [1.807, 2.05) is 101 Å². The monoisotopic (exact) mass is 904 g/mol. The second kappa shape index (κ2) is 25.4. The highest BCUT2D eigenvalue weighted by Gasteiger charge is 2.43. The Morgan fingerprint density at radius 3 is 2.14 bits per heavy atom. The number of hydrogen-bond donors (Lipinski definition) is 3. The molecule has 4 amide bonds. The number of thiazole rings is 1. The highest BCUT2D eigenvalue weighted by atomic mass is 32.1. The number of aromatic nitrogens is 1. The highest BCUT2D eigenvalue weighted by Crippen LogP contribution is 2.31. The molecule has 354 valence electrons. The van der Waals surface area contributed by atoms with E-state index < -0.39 is 36.3 Å². The molecule has 64 heavy (non-hydrogen) atoms. The second-order valence-corrected chi connectivity index (χ2v) is 19.2. The van der Waals surface area contributed by atoms with Gasteiger partial charge in [-0.05, 0) is 73.7 Å². The van der Waals surface area contributed by atoms with Crippen LogP contribution in [-0.2, 0) is 41.5 Å². The fourth-order valence-electron chi connectivity index (χ4n) is 9.33. The highest BCUT2D eigenvalue weighted by molar-refractivity contribution is 7.09. The summed E-state index contributed by atoms with van der Waals surface area (Å²) in [5, 5.41) is 12.3. The molecule has 0 unspecified atom stereocenters. The van der Waals surface area contributed by atoms with Gasteiger partial charge in [-0.15, -0.1) is 11.3 Å². The number of benzene rings is 2. The van der Waals surface area contributed by atoms with Gasteiger partial charge in [0, 0.05) is 58.7 Å². The molecule has 0 radical (unpaired) electrons. The van der Waals surface area contributed by atoms with Gasteiger partial charge in [0.1, 0.15) is 11.0 Å². The lowest BCUT2D eigenvalue weighted by atomic mass is 9.89. The maximum Gasteiger partial charge on any atom is 0.245 e. The van der Waals surface area contributed by atoms with Crippen molar-refractivity contribution in [2.75, 3.05) is 53.8 Å². The molecule has 2 heterocycles. The van der Waals surface area contributed by atoms with E-state index in [0.29, 0.717) is 25.9 Å². The van der Waals surface area contributed by atoms with Crippen LogP contribution in [0.25, 0.3) is 0 Å². The lowest BCUT2D eigenvalue weighted by molar-refractivity contribution is -0.148. The lowest BCUT2D eigenvalue weighted by Gasteiger charge is -2.41. The number of carbonyl (C=O) groups is 4. The van der Waals surface area contributed by atoms with Gasteiger partial charge in [-0.3, -0.25) is 24.1 Å². The van der Waals surface area contributed by atoms with E-state index in [0.717, 1.165) is 35.5 Å². The molecule has 1 fully saturated rings. The third kappa shape index (κ3) is 13.8. The summed E-state index contributed by atoms with van der Waals surface area (Å²) >= 11 is 1.51. The largest absolute Gasteiger partial charge is 0.388 e. The standard InChI is InChI=1S/C50H77N7O6S/c1-13-34(6)45(56(10)50(61)43(32(2)3)54-48(60)44(33(4)5)55(9)28-25-36-21-23-38(51-8)24-22-36)41(62-11)31-42(58)57-27-17-20-40(57)46(63-12)35(7)47(59)53-39(49-52-26-29-64-49)30-37-18-15-14-16-19-37/h14-16,18-19,21-24,26,29,32-35,39-41,43-46,51H,13,17,20,25,27-28,30-31H2,1-12H3,(H,53,59)(H,54,60)/t34-,35+,39-,40-,41-,43-,44-,45-,46+/m0/s1. The van der Waals surface area contributed by atoms with Crippen molar-refractivity contribution in [1.82, 2.24) is 30.3 Å². The molecule has 4 rings (SSSR count). The number of ether oxygens (including phenoxy) is 2. The molecule has 1 aliphatic heterocycles. The summed E-state index contributed by atoms with van der Waals surface area (Å²) in [6.45, 7) is 15.1. The first kappa shape index (κ1) is 52.3. The number of amides is 4. The van der Waals surface area contributed by atoms with E-state index in [4.69, 9.17) is 9.47 Å². The topological polar surface area (TPSA) is 145 Å². The SMILES string of the molecule is CC[C@H](C)[C@@H]([C@H](CC(=O)N1CCC[C@H]1[C@H](OC)[C@@H](C)C(=O)N[C@@H](Cc1ccccc1)c1nccs1)OC)N(C)C(=O)[C@@H](NC(=O)[C@H](C(C)C)N(C)CCc1ccc(NC)cc1)C(C)C. The van der Waals surface area contributed by atoms with Gasteiger partial charge in [-0.2, -0.15) is 0 Å². The zero-order valence-corrected chi connectivity index (χ0v) is 41.3. The maximum absolute atomic E-state index is 14.6. The summed E-state index contributed by atoms with van der Waals surface area (Å²) in [5.41, 5.74) is 3.32. The van der Waals surface area contributed by atoms with Crippen LogP contribution in [0.15, 0.2) is 66.2 Å². The molecule has 0 aliphatic carbocycles. The third-order valence-corrected chi connectivity index (χ3v) is 14.1. The Balaban J connectivity index is 1.46. The van der Waals surface area contributed by atoms with Gasteiger partial charge in [0.25, 0.3) is 0 Å². The van der Waals surface area contributed by atoms with E-state index in [-0.39, 0.29) is 59.9 Å². The molecule has 1 saturated heterocycles. The van der Waals surface area contributed by atoms with Crippen molar-refractivity contribution in [2.24, 2.45) is 23.7 Å². The summed E-state index contributed by atoms with van der Waals surface area (Å²) in [7, 11) is 8.81. The fourth-order valence-corrected chi connectivity index (χ4v) is 10.0. The van der Waals surface area contributed by atoms with Crippen LogP contribution in [0.2, 0.25) is 0 Å². The molecule has 2 aromatic carbocycles. The predicted molar refractivity (Wildman–Crippen MR) is 257 cm³/mol. The number of anilines is 1. The van der Waals surface area contributed by atoms with Crippen LogP contribution in [0.3, 0.4) is 0 Å². The second-order valence-electron chi connectivity index (χ2n) is 18.3. The summed E-state index contributed by atoms with van der Waals surface area (Å²) in [5.74, 6) is -1.48. The molecule has 0 saturated carbocycles. The van der Waals surface area contributed by atoms with Crippen LogP contribution < -0.4 is 16.0 Å². The first-order valence-corrected chi connectivity index (χ1v) is 24.1. The van der Waals surface area contributed by atoms with Crippen LogP contribution in [0.5, 0.6) is 0 Å². The van der Waals surface area contributed by atoms with Crippen LogP contribution in [0, 0.1) is 23.7 Å². The number of likely N-dealkylation sites (tertiary alicyclic amines) is 1. The van der Waals surface area contributed by atoms with E-state index in [1.165, 1.54) is 16.9 Å². The van der Waals surface area contributed by atoms with Gasteiger partial charge in [-0.1, -0.05) is 97.4 Å². The van der Waals surface area contributed by atoms with Gasteiger partial charge in [-0.25, -0.2) is 4.98 Å². The van der Waals surface area contributed by atoms with Crippen molar-refractivity contribution in [3.05, 3.63) is 82.3 Å².